The fourth-order valence-electron chi connectivity index (χ4n) is 5.53. The van der Waals surface area contributed by atoms with E-state index in [0.717, 1.165) is 57.7 Å². The van der Waals surface area contributed by atoms with E-state index in [1.807, 2.05) is 56.3 Å². The van der Waals surface area contributed by atoms with E-state index in [2.05, 4.69) is 48.5 Å². The van der Waals surface area contributed by atoms with Gasteiger partial charge in [-0.25, -0.2) is 0 Å². The van der Waals surface area contributed by atoms with Crippen LogP contribution in [-0.2, 0) is 37.3 Å². The molecule has 6 heteroatoms. The van der Waals surface area contributed by atoms with Crippen molar-refractivity contribution in [3.63, 3.8) is 0 Å². The first-order valence-corrected chi connectivity index (χ1v) is 14.4. The number of hydrogen-bond acceptors (Lipinski definition) is 6. The summed E-state index contributed by atoms with van der Waals surface area (Å²) in [4.78, 5) is 24.4. The molecule has 2 unspecified atom stereocenters. The van der Waals surface area contributed by atoms with Crippen LogP contribution in [0.2, 0.25) is 0 Å². The summed E-state index contributed by atoms with van der Waals surface area (Å²) < 4.78 is 16.9. The molecular formula is C35H37NO5. The highest BCUT2D eigenvalue weighted by Crippen LogP contribution is 2.49. The highest BCUT2D eigenvalue weighted by molar-refractivity contribution is 5.87. The number of esters is 2. The van der Waals surface area contributed by atoms with Gasteiger partial charge in [-0.1, -0.05) is 90.9 Å². The Kier molecular flexibility index (Phi) is 8.39. The van der Waals surface area contributed by atoms with Crippen LogP contribution < -0.4 is 0 Å². The third kappa shape index (κ3) is 6.27. The van der Waals surface area contributed by atoms with Gasteiger partial charge in [-0.15, -0.1) is 0 Å². The molecule has 0 bridgehead atoms. The molecule has 2 atom stereocenters. The van der Waals surface area contributed by atoms with Crippen LogP contribution in [0.3, 0.4) is 0 Å². The Balaban J connectivity index is 1.32. The Labute approximate surface area is 241 Å². The topological polar surface area (TPSA) is 78.6 Å². The Morgan fingerprint density at radius 2 is 1.51 bits per heavy atom. The lowest BCUT2D eigenvalue weighted by molar-refractivity contribution is -0.149. The number of hydrogen-bond donors (Lipinski definition) is 0. The van der Waals surface area contributed by atoms with E-state index in [1.54, 1.807) is 0 Å². The largest absolute Gasteiger partial charge is 0.465 e. The summed E-state index contributed by atoms with van der Waals surface area (Å²) in [5, 5.41) is 4.28. The number of aromatic nitrogens is 1. The van der Waals surface area contributed by atoms with E-state index < -0.39 is 5.41 Å². The number of carbonyl (C=O) groups is 2. The number of rotatable bonds is 11. The summed E-state index contributed by atoms with van der Waals surface area (Å²) in [6.07, 6.45) is 2.73. The standard InChI is InChI=1S/C35H37NO5/c1-5-39-34(38)35(19-20-35)30-17-15-28(16-18-30)27-11-13-29(14-12-27)33-31(24(3)36-41-33)21-23(2)32(40-25(4)37)22-26-9-7-6-8-10-26/h6-18,23,32H,5,19-22H2,1-4H3. The van der Waals surface area contributed by atoms with Crippen LogP contribution >= 0.6 is 0 Å². The molecule has 0 amide bonds. The lowest BCUT2D eigenvalue weighted by Gasteiger charge is -2.24. The second-order valence-corrected chi connectivity index (χ2v) is 11.1. The van der Waals surface area contributed by atoms with Crippen LogP contribution in [0.25, 0.3) is 22.5 Å². The maximum absolute atomic E-state index is 12.5. The summed E-state index contributed by atoms with van der Waals surface area (Å²) in [6, 6.07) is 26.6. The van der Waals surface area contributed by atoms with Crippen LogP contribution in [-0.4, -0.2) is 29.8 Å². The lowest BCUT2D eigenvalue weighted by atomic mass is 9.89. The van der Waals surface area contributed by atoms with Gasteiger partial charge in [0.2, 0.25) is 0 Å². The highest BCUT2D eigenvalue weighted by atomic mass is 16.5. The smallest absolute Gasteiger partial charge is 0.316 e. The third-order valence-electron chi connectivity index (χ3n) is 8.08. The van der Waals surface area contributed by atoms with E-state index in [0.29, 0.717) is 19.4 Å². The molecule has 5 rings (SSSR count). The van der Waals surface area contributed by atoms with Crippen molar-refractivity contribution in [3.05, 3.63) is 101 Å². The van der Waals surface area contributed by atoms with Crippen molar-refractivity contribution < 1.29 is 23.6 Å². The SMILES string of the molecule is CCOC(=O)C1(c2ccc(-c3ccc(-c4onc(C)c4CC(C)C(Cc4ccccc4)OC(C)=O)cc3)cc2)CC1. The molecule has 1 aliphatic rings. The van der Waals surface area contributed by atoms with E-state index in [-0.39, 0.29) is 24.0 Å². The minimum Gasteiger partial charge on any atom is -0.465 e. The van der Waals surface area contributed by atoms with Gasteiger partial charge in [0.05, 0.1) is 17.7 Å². The molecule has 0 saturated heterocycles. The van der Waals surface area contributed by atoms with Crippen LogP contribution in [0.5, 0.6) is 0 Å². The van der Waals surface area contributed by atoms with Gasteiger partial charge in [0, 0.05) is 24.5 Å². The van der Waals surface area contributed by atoms with Crippen molar-refractivity contribution in [3.8, 4) is 22.5 Å². The molecular weight excluding hydrogens is 514 g/mol. The first-order chi connectivity index (χ1) is 19.8. The van der Waals surface area contributed by atoms with Crippen LogP contribution in [0.1, 0.15) is 56.0 Å². The van der Waals surface area contributed by atoms with E-state index >= 15 is 0 Å². The van der Waals surface area contributed by atoms with Gasteiger partial charge >= 0.3 is 11.9 Å². The summed E-state index contributed by atoms with van der Waals surface area (Å²) in [5.74, 6) is 0.390. The van der Waals surface area contributed by atoms with Crippen molar-refractivity contribution in [2.45, 2.75) is 64.9 Å². The van der Waals surface area contributed by atoms with Crippen molar-refractivity contribution >= 4 is 11.9 Å². The predicted molar refractivity (Wildman–Crippen MR) is 158 cm³/mol. The van der Waals surface area contributed by atoms with Crippen molar-refractivity contribution in [1.82, 2.24) is 5.16 Å². The molecule has 0 N–H and O–H groups in total. The van der Waals surface area contributed by atoms with Gasteiger partial charge < -0.3 is 14.0 Å². The van der Waals surface area contributed by atoms with E-state index in [1.165, 1.54) is 6.92 Å². The molecule has 0 radical (unpaired) electrons. The minimum atomic E-state index is -0.467. The zero-order chi connectivity index (χ0) is 29.0. The molecule has 41 heavy (non-hydrogen) atoms. The first kappa shape index (κ1) is 28.3. The summed E-state index contributed by atoms with van der Waals surface area (Å²) in [7, 11) is 0. The summed E-state index contributed by atoms with van der Waals surface area (Å²) >= 11 is 0. The van der Waals surface area contributed by atoms with Crippen LogP contribution in [0, 0.1) is 12.8 Å². The van der Waals surface area contributed by atoms with Gasteiger partial charge in [0.1, 0.15) is 6.10 Å². The molecule has 1 aliphatic carbocycles. The Hall–Kier alpha value is -4.19. The molecule has 1 aromatic heterocycles. The Morgan fingerprint density at radius 3 is 2.10 bits per heavy atom. The maximum atomic E-state index is 12.5. The van der Waals surface area contributed by atoms with Crippen LogP contribution in [0.4, 0.5) is 0 Å². The molecule has 4 aromatic rings. The zero-order valence-corrected chi connectivity index (χ0v) is 24.2. The summed E-state index contributed by atoms with van der Waals surface area (Å²) in [5.41, 5.74) is 6.64. The second-order valence-electron chi connectivity index (χ2n) is 11.1. The number of carbonyl (C=O) groups excluding carboxylic acids is 2. The normalized spacial score (nSPS) is 15.1. The zero-order valence-electron chi connectivity index (χ0n) is 24.2. The number of nitrogens with zero attached hydrogens (tertiary/aromatic N) is 1. The monoisotopic (exact) mass is 551 g/mol. The van der Waals surface area contributed by atoms with Crippen molar-refractivity contribution in [1.29, 1.82) is 0 Å². The molecule has 212 valence electrons. The highest BCUT2D eigenvalue weighted by Gasteiger charge is 2.52. The van der Waals surface area contributed by atoms with Gasteiger partial charge in [0.15, 0.2) is 5.76 Å². The fourth-order valence-corrected chi connectivity index (χ4v) is 5.53. The molecule has 0 spiro atoms. The number of benzene rings is 3. The van der Waals surface area contributed by atoms with Gasteiger partial charge in [-0.05, 0) is 61.3 Å². The molecule has 1 fully saturated rings. The Morgan fingerprint density at radius 1 is 0.902 bits per heavy atom. The van der Waals surface area contributed by atoms with E-state index in [9.17, 15) is 9.59 Å². The molecule has 6 nitrogen and oxygen atoms in total. The maximum Gasteiger partial charge on any atom is 0.316 e. The molecule has 0 aliphatic heterocycles. The number of ether oxygens (including phenoxy) is 2. The predicted octanol–water partition coefficient (Wildman–Crippen LogP) is 7.26. The fraction of sp³-hybridized carbons (Fsp3) is 0.343. The van der Waals surface area contributed by atoms with E-state index in [4.69, 9.17) is 14.0 Å². The second kappa shape index (κ2) is 12.1. The third-order valence-corrected chi connectivity index (χ3v) is 8.08. The lowest BCUT2D eigenvalue weighted by Crippen LogP contribution is -2.28. The van der Waals surface area contributed by atoms with Crippen molar-refractivity contribution in [2.24, 2.45) is 5.92 Å². The quantitative estimate of drug-likeness (QED) is 0.183. The van der Waals surface area contributed by atoms with Crippen molar-refractivity contribution in [2.75, 3.05) is 6.61 Å². The molecule has 3 aromatic carbocycles. The van der Waals surface area contributed by atoms with Crippen LogP contribution in [0.15, 0.2) is 83.4 Å². The average molecular weight is 552 g/mol. The minimum absolute atomic E-state index is 0.0538. The molecule has 1 saturated carbocycles. The Bertz CT molecular complexity index is 1480. The van der Waals surface area contributed by atoms with Gasteiger partial charge in [-0.3, -0.25) is 9.59 Å². The summed E-state index contributed by atoms with van der Waals surface area (Å²) in [6.45, 7) is 7.76. The van der Waals surface area contributed by atoms with Gasteiger partial charge in [-0.2, -0.15) is 0 Å². The first-order valence-electron chi connectivity index (χ1n) is 14.4. The number of aryl methyl sites for hydroxylation is 1. The molecule has 1 heterocycles. The average Bonchev–Trinajstić information content (AvgIpc) is 3.72. The van der Waals surface area contributed by atoms with Gasteiger partial charge in [0.25, 0.3) is 0 Å².